The van der Waals surface area contributed by atoms with Crippen LogP contribution in [0.25, 0.3) is 10.6 Å². The van der Waals surface area contributed by atoms with E-state index in [4.69, 9.17) is 14.6 Å². The molecule has 0 atom stereocenters. The summed E-state index contributed by atoms with van der Waals surface area (Å²) in [6.07, 6.45) is -0.0789. The van der Waals surface area contributed by atoms with E-state index in [1.165, 1.54) is 11.3 Å². The molecule has 0 aliphatic rings. The molecule has 0 spiro atoms. The zero-order valence-corrected chi connectivity index (χ0v) is 14.2. The van der Waals surface area contributed by atoms with Crippen molar-refractivity contribution in [2.24, 2.45) is 0 Å². The highest BCUT2D eigenvalue weighted by Crippen LogP contribution is 2.32. The van der Waals surface area contributed by atoms with Gasteiger partial charge in [-0.2, -0.15) is 0 Å². The molecule has 0 radical (unpaired) electrons. The minimum absolute atomic E-state index is 0.0789. The number of ether oxygens (including phenoxy) is 2. The molecule has 0 fully saturated rings. The fourth-order valence-electron chi connectivity index (χ4n) is 2.26. The second kappa shape index (κ2) is 8.30. The molecule has 3 rings (SSSR count). The largest absolute Gasteiger partial charge is 0.490 e. The molecule has 0 saturated carbocycles. The summed E-state index contributed by atoms with van der Waals surface area (Å²) in [4.78, 5) is 15.2. The number of hydrogen-bond acceptors (Lipinski definition) is 5. The van der Waals surface area contributed by atoms with Gasteiger partial charge in [0.2, 0.25) is 0 Å². The maximum absolute atomic E-state index is 10.8. The van der Waals surface area contributed by atoms with E-state index in [1.807, 2.05) is 54.6 Å². The Labute approximate surface area is 149 Å². The predicted octanol–water partition coefficient (Wildman–Crippen LogP) is 3.90. The predicted molar refractivity (Wildman–Crippen MR) is 96.3 cm³/mol. The zero-order valence-electron chi connectivity index (χ0n) is 13.4. The fourth-order valence-corrected chi connectivity index (χ4v) is 3.11. The number of aliphatic carboxylic acids is 1. The van der Waals surface area contributed by atoms with Crippen LogP contribution in [0.1, 0.15) is 5.69 Å². The topological polar surface area (TPSA) is 68.7 Å². The maximum atomic E-state index is 10.8. The Kier molecular flexibility index (Phi) is 5.64. The molecule has 25 heavy (non-hydrogen) atoms. The molecule has 0 bridgehead atoms. The van der Waals surface area contributed by atoms with E-state index < -0.39 is 5.97 Å². The van der Waals surface area contributed by atoms with Gasteiger partial charge in [0, 0.05) is 5.38 Å². The van der Waals surface area contributed by atoms with Gasteiger partial charge in [0.05, 0.1) is 17.7 Å². The van der Waals surface area contributed by atoms with Crippen molar-refractivity contribution in [2.45, 2.75) is 6.42 Å². The minimum atomic E-state index is -0.889. The number of carboxylic acid groups (broad SMARTS) is 1. The van der Waals surface area contributed by atoms with Crippen LogP contribution < -0.4 is 9.47 Å². The van der Waals surface area contributed by atoms with Crippen molar-refractivity contribution in [2.75, 3.05) is 13.2 Å². The second-order valence-corrected chi connectivity index (χ2v) is 6.08. The number of hydrogen-bond donors (Lipinski definition) is 1. The Balaban J connectivity index is 1.62. The number of nitrogens with zero attached hydrogens (tertiary/aromatic N) is 1. The lowest BCUT2D eigenvalue weighted by atomic mass is 10.2. The van der Waals surface area contributed by atoms with Crippen molar-refractivity contribution in [3.8, 4) is 22.1 Å². The van der Waals surface area contributed by atoms with Crippen LogP contribution in [-0.4, -0.2) is 29.3 Å². The first-order chi connectivity index (χ1) is 12.2. The van der Waals surface area contributed by atoms with Crippen molar-refractivity contribution in [1.29, 1.82) is 0 Å². The number of carboxylic acids is 1. The van der Waals surface area contributed by atoms with Crippen LogP contribution in [0.15, 0.2) is 60.0 Å². The highest BCUT2D eigenvalue weighted by molar-refractivity contribution is 7.13. The molecule has 3 aromatic rings. The molecule has 0 saturated heterocycles. The van der Waals surface area contributed by atoms with E-state index in [9.17, 15) is 4.79 Å². The zero-order chi connectivity index (χ0) is 17.5. The molecule has 0 amide bonds. The third-order valence-electron chi connectivity index (χ3n) is 3.35. The van der Waals surface area contributed by atoms with E-state index in [0.29, 0.717) is 24.7 Å². The van der Waals surface area contributed by atoms with Gasteiger partial charge in [-0.15, -0.1) is 11.3 Å². The van der Waals surface area contributed by atoms with Crippen molar-refractivity contribution in [3.63, 3.8) is 0 Å². The maximum Gasteiger partial charge on any atom is 0.309 e. The molecule has 128 valence electrons. The quantitative estimate of drug-likeness (QED) is 0.621. The lowest BCUT2D eigenvalue weighted by Gasteiger charge is -2.11. The molecule has 0 aliphatic carbocycles. The van der Waals surface area contributed by atoms with Gasteiger partial charge < -0.3 is 14.6 Å². The highest BCUT2D eigenvalue weighted by atomic mass is 32.1. The molecule has 6 heteroatoms. The van der Waals surface area contributed by atoms with Crippen LogP contribution in [0.2, 0.25) is 0 Å². The summed E-state index contributed by atoms with van der Waals surface area (Å²) in [5.41, 5.74) is 1.40. The number of rotatable bonds is 8. The highest BCUT2D eigenvalue weighted by Gasteiger charge is 2.12. The van der Waals surface area contributed by atoms with Gasteiger partial charge in [0.25, 0.3) is 0 Å². The smallest absolute Gasteiger partial charge is 0.309 e. The molecular weight excluding hydrogens is 338 g/mol. The molecule has 1 aromatic heterocycles. The Morgan fingerprint density at radius 2 is 1.72 bits per heavy atom. The molecule has 0 unspecified atom stereocenters. The number of benzene rings is 2. The number of aromatic nitrogens is 1. The molecule has 1 N–H and O–H groups in total. The first-order valence-corrected chi connectivity index (χ1v) is 8.66. The SMILES string of the molecule is O=C(O)Cc1csc(-c2ccccc2OCCOc2ccccc2)n1. The van der Waals surface area contributed by atoms with Crippen molar-refractivity contribution >= 4 is 17.3 Å². The van der Waals surface area contributed by atoms with Crippen LogP contribution in [0.4, 0.5) is 0 Å². The van der Waals surface area contributed by atoms with Gasteiger partial charge >= 0.3 is 5.97 Å². The Hall–Kier alpha value is -2.86. The molecule has 1 heterocycles. The lowest BCUT2D eigenvalue weighted by molar-refractivity contribution is -0.136. The summed E-state index contributed by atoms with van der Waals surface area (Å²) in [5, 5.41) is 11.4. The van der Waals surface area contributed by atoms with Crippen LogP contribution in [0.3, 0.4) is 0 Å². The van der Waals surface area contributed by atoms with Crippen LogP contribution in [0.5, 0.6) is 11.5 Å². The lowest BCUT2D eigenvalue weighted by Crippen LogP contribution is -2.09. The third kappa shape index (κ3) is 4.81. The van der Waals surface area contributed by atoms with Crippen molar-refractivity contribution < 1.29 is 19.4 Å². The van der Waals surface area contributed by atoms with Gasteiger partial charge in [-0.05, 0) is 24.3 Å². The third-order valence-corrected chi connectivity index (χ3v) is 4.28. The summed E-state index contributed by atoms with van der Waals surface area (Å²) in [6, 6.07) is 17.1. The first kappa shape index (κ1) is 17.0. The van der Waals surface area contributed by atoms with E-state index in [1.54, 1.807) is 5.38 Å². The van der Waals surface area contributed by atoms with Crippen LogP contribution >= 0.6 is 11.3 Å². The number of thiazole rings is 1. The first-order valence-electron chi connectivity index (χ1n) is 7.78. The Morgan fingerprint density at radius 3 is 2.52 bits per heavy atom. The van der Waals surface area contributed by atoms with Gasteiger partial charge in [0.15, 0.2) is 0 Å². The van der Waals surface area contributed by atoms with E-state index >= 15 is 0 Å². The summed E-state index contributed by atoms with van der Waals surface area (Å²) < 4.78 is 11.4. The van der Waals surface area contributed by atoms with Gasteiger partial charge in [-0.3, -0.25) is 4.79 Å². The van der Waals surface area contributed by atoms with Crippen LogP contribution in [0, 0.1) is 0 Å². The van der Waals surface area contributed by atoms with E-state index in [0.717, 1.165) is 16.3 Å². The molecular formula is C19H17NO4S. The average Bonchev–Trinajstić information content (AvgIpc) is 3.07. The summed E-state index contributed by atoms with van der Waals surface area (Å²) in [6.45, 7) is 0.833. The minimum Gasteiger partial charge on any atom is -0.490 e. The number of para-hydroxylation sites is 2. The fraction of sp³-hybridized carbons (Fsp3) is 0.158. The molecule has 2 aromatic carbocycles. The summed E-state index contributed by atoms with van der Waals surface area (Å²) >= 11 is 1.41. The van der Waals surface area contributed by atoms with Crippen molar-refractivity contribution in [3.05, 3.63) is 65.7 Å². The van der Waals surface area contributed by atoms with Gasteiger partial charge in [-0.25, -0.2) is 4.98 Å². The van der Waals surface area contributed by atoms with Gasteiger partial charge in [0.1, 0.15) is 29.7 Å². The normalized spacial score (nSPS) is 10.4. The van der Waals surface area contributed by atoms with Gasteiger partial charge in [-0.1, -0.05) is 30.3 Å². The average molecular weight is 355 g/mol. The molecule has 0 aliphatic heterocycles. The Morgan fingerprint density at radius 1 is 1.00 bits per heavy atom. The molecule has 5 nitrogen and oxygen atoms in total. The standard InChI is InChI=1S/C19H17NO4S/c21-18(22)12-14-13-25-19(20-14)16-8-4-5-9-17(16)24-11-10-23-15-6-2-1-3-7-15/h1-9,13H,10-12H2,(H,21,22). The van der Waals surface area contributed by atoms with E-state index in [-0.39, 0.29) is 6.42 Å². The number of carbonyl (C=O) groups is 1. The Bertz CT molecular complexity index is 832. The van der Waals surface area contributed by atoms with Crippen LogP contribution in [-0.2, 0) is 11.2 Å². The summed E-state index contributed by atoms with van der Waals surface area (Å²) in [7, 11) is 0. The second-order valence-electron chi connectivity index (χ2n) is 5.22. The van der Waals surface area contributed by atoms with E-state index in [2.05, 4.69) is 4.98 Å². The summed E-state index contributed by atoms with van der Waals surface area (Å²) in [5.74, 6) is 0.618. The van der Waals surface area contributed by atoms with Crippen molar-refractivity contribution in [1.82, 2.24) is 4.98 Å². The monoisotopic (exact) mass is 355 g/mol.